The number of carbonyl (C=O) groups excluding carboxylic acids is 3. The Kier molecular flexibility index (Phi) is 27.9. The molecule has 0 radical (unpaired) electrons. The van der Waals surface area contributed by atoms with Crippen LogP contribution in [0.25, 0.3) is 40.3 Å². The number of alkyl halides is 1. The number of pyridine rings is 2. The number of aromatic nitrogens is 2. The number of hydrogen-bond donors (Lipinski definition) is 4. The molecule has 4 aliphatic rings. The SMILES string of the molecule is C.C.CC1(C)OB(B2OC(C)(C)C(C)(C)O2)OC1(C)C.N#CCCCCl.NC(=O)c1cnc(N)c2cc(Br)sc12.O=Cc1cc(Br)cs1.[C-]#[N+]C1CCOC1c1cc(-c2cc3c(N)ncc(C(N)=O)c3s2)cs1.[C-]#[N+]C1CCOC1c1cc(Br)cs1. The van der Waals surface area contributed by atoms with Crippen molar-refractivity contribution >= 4 is 180 Å². The van der Waals surface area contributed by atoms with E-state index in [1.807, 2.05) is 95.8 Å². The molecule has 7 aromatic rings. The van der Waals surface area contributed by atoms with E-state index in [-0.39, 0.29) is 61.5 Å². The van der Waals surface area contributed by atoms with E-state index in [2.05, 4.69) is 73.5 Å². The van der Waals surface area contributed by atoms with E-state index >= 15 is 0 Å². The first-order chi connectivity index (χ1) is 39.6. The summed E-state index contributed by atoms with van der Waals surface area (Å²) in [6.07, 6.45) is 6.57. The zero-order chi connectivity index (χ0) is 61.9. The van der Waals surface area contributed by atoms with Crippen molar-refractivity contribution in [2.75, 3.05) is 30.6 Å². The van der Waals surface area contributed by atoms with Crippen LogP contribution in [-0.4, -0.2) is 95.7 Å². The standard InChI is InChI=1S/C17H14N4O2S2.C12H24B2O4.C9H8BrNOS.C8H6BrN3OS.C5H3BrOS.C4H6ClN.2CH4/c1-20-11-2-3-23-14(11)13-4-8(7-24-13)12-5-9-15(25-12)10(17(19)22)6-21-16(9)18;1-9(2)10(3,4)16-13(15-9)14-17-11(5,6)12(7,8)18-14;1-11-7-2-3-12-9(7)8-4-6(10)5-13-8;9-5-1-3-6(14-5)4(8(11)13)2-12-7(3)10;6-4-1-5(2-7)8-3-4;5-3-1-2-4-6;;/h4-7,11,14H,2-3H2,(H2,18,21)(H2,19,22);1-8H3;4-5,7,9H,2-3H2;1-2H,(H2,10,12)(H2,11,13);1-3H;1-3H2;2*1H4. The Morgan fingerprint density at radius 2 is 1.16 bits per heavy atom. The van der Waals surface area contributed by atoms with E-state index in [0.717, 1.165) is 83.5 Å². The second kappa shape index (κ2) is 32.4. The summed E-state index contributed by atoms with van der Waals surface area (Å²) in [5, 5.41) is 15.3. The van der Waals surface area contributed by atoms with Gasteiger partial charge < -0.3 is 60.7 Å². The van der Waals surface area contributed by atoms with Crippen LogP contribution >= 0.6 is 116 Å². The zero-order valence-corrected chi connectivity index (χ0v) is 56.6. The molecule has 2 amide bonds. The minimum Gasteiger partial charge on any atom is -0.405 e. The first-order valence-electron chi connectivity index (χ1n) is 25.8. The summed E-state index contributed by atoms with van der Waals surface area (Å²) < 4.78 is 39.6. The van der Waals surface area contributed by atoms with Crippen molar-refractivity contribution in [2.24, 2.45) is 11.5 Å². The van der Waals surface area contributed by atoms with Crippen molar-refractivity contribution in [1.29, 1.82) is 5.26 Å². The Morgan fingerprint density at radius 1 is 0.721 bits per heavy atom. The number of rotatable bonds is 9. The predicted octanol–water partition coefficient (Wildman–Crippen LogP) is 15.8. The van der Waals surface area contributed by atoms with Crippen LogP contribution in [0, 0.1) is 24.5 Å². The molecule has 86 heavy (non-hydrogen) atoms. The lowest BCUT2D eigenvalue weighted by Crippen LogP contribution is -2.41. The Balaban J connectivity index is 0.000000232. The summed E-state index contributed by atoms with van der Waals surface area (Å²) in [5.74, 6) is 0.387. The fourth-order valence-corrected chi connectivity index (χ4v) is 15.0. The number of aldehydes is 1. The van der Waals surface area contributed by atoms with Gasteiger partial charge >= 0.3 is 14.0 Å². The van der Waals surface area contributed by atoms with Crippen LogP contribution in [-0.2, 0) is 28.1 Å². The van der Waals surface area contributed by atoms with Crippen molar-refractivity contribution in [3.05, 3.63) is 120 Å². The van der Waals surface area contributed by atoms with E-state index in [0.29, 0.717) is 48.3 Å². The number of anilines is 2. The second-order valence-corrected chi connectivity index (χ2v) is 29.5. The minimum absolute atomic E-state index is 0. The average Bonchev–Trinajstić information content (AvgIpc) is 1.69. The van der Waals surface area contributed by atoms with Crippen LogP contribution in [0.5, 0.6) is 0 Å². The highest BCUT2D eigenvalue weighted by atomic mass is 79.9. The van der Waals surface area contributed by atoms with Gasteiger partial charge in [-0.1, -0.05) is 14.9 Å². The van der Waals surface area contributed by atoms with Gasteiger partial charge in [0, 0.05) is 88.2 Å². The van der Waals surface area contributed by atoms with E-state index in [9.17, 15) is 14.4 Å². The Bertz CT molecular complexity index is 3510. The highest BCUT2D eigenvalue weighted by Crippen LogP contribution is 2.45. The molecule has 0 spiro atoms. The fraction of sp³-hybridized carbons (Fsp3) is 0.439. The molecule has 29 heteroatoms. The summed E-state index contributed by atoms with van der Waals surface area (Å²) in [4.78, 5) is 51.8. The Hall–Kier alpha value is -4.38. The number of nitrogens with two attached hydrogens (primary N) is 4. The topological polar surface area (TPSA) is 269 Å². The fourth-order valence-electron chi connectivity index (χ4n) is 8.16. The maximum Gasteiger partial charge on any atom is 0.488 e. The molecule has 4 atom stereocenters. The first-order valence-corrected chi connectivity index (χ1v) is 33.0. The third kappa shape index (κ3) is 18.4. The molecular formula is C57H69B2Br3ClN9O9S5. The van der Waals surface area contributed by atoms with Gasteiger partial charge in [0.2, 0.25) is 0 Å². The quantitative estimate of drug-likeness (QED) is 0.0344. The van der Waals surface area contributed by atoms with Crippen molar-refractivity contribution in [1.82, 2.24) is 9.97 Å². The first kappa shape index (κ1) is 74.1. The molecule has 4 unspecified atom stereocenters. The molecule has 0 bridgehead atoms. The maximum absolute atomic E-state index is 11.6. The molecule has 0 aromatic carbocycles. The van der Waals surface area contributed by atoms with Gasteiger partial charge in [-0.15, -0.1) is 68.3 Å². The molecule has 11 heterocycles. The van der Waals surface area contributed by atoms with Crippen molar-refractivity contribution in [3.63, 3.8) is 0 Å². The molecule has 4 fully saturated rings. The van der Waals surface area contributed by atoms with Gasteiger partial charge in [0.1, 0.15) is 11.6 Å². The van der Waals surface area contributed by atoms with E-state index in [1.165, 1.54) is 46.4 Å². The number of halogens is 4. The van der Waals surface area contributed by atoms with Gasteiger partial charge in [-0.2, -0.15) is 5.26 Å². The van der Waals surface area contributed by atoms with E-state index in [1.54, 1.807) is 28.7 Å². The Morgan fingerprint density at radius 3 is 1.55 bits per heavy atom. The van der Waals surface area contributed by atoms with Crippen LogP contribution < -0.4 is 22.9 Å². The van der Waals surface area contributed by atoms with E-state index < -0.39 is 25.8 Å². The minimum atomic E-state index is -0.517. The lowest BCUT2D eigenvalue weighted by Gasteiger charge is -2.32. The average molecular weight is 1480 g/mol. The van der Waals surface area contributed by atoms with Crippen LogP contribution in [0.3, 0.4) is 0 Å². The highest BCUT2D eigenvalue weighted by Gasteiger charge is 2.63. The van der Waals surface area contributed by atoms with Crippen molar-refractivity contribution in [2.45, 2.75) is 143 Å². The number of thiophene rings is 5. The maximum atomic E-state index is 11.6. The van der Waals surface area contributed by atoms with Gasteiger partial charge in [0.15, 0.2) is 18.5 Å². The van der Waals surface area contributed by atoms with Gasteiger partial charge in [0.05, 0.1) is 70.9 Å². The van der Waals surface area contributed by atoms with Crippen LogP contribution in [0.1, 0.15) is 148 Å². The molecule has 0 aliphatic carbocycles. The molecule has 18 nitrogen and oxygen atoms in total. The van der Waals surface area contributed by atoms with Gasteiger partial charge in [0.25, 0.3) is 23.9 Å². The number of nitriles is 1. The summed E-state index contributed by atoms with van der Waals surface area (Å²) in [6, 6.07) is 11.5. The van der Waals surface area contributed by atoms with E-state index in [4.69, 9.17) is 81.0 Å². The number of amides is 2. The molecule has 4 aliphatic heterocycles. The number of unbranched alkanes of at least 4 members (excludes halogenated alkanes) is 1. The molecule has 4 saturated heterocycles. The molecule has 0 saturated carbocycles. The molecule has 7 aromatic heterocycles. The summed E-state index contributed by atoms with van der Waals surface area (Å²) in [6.45, 7) is 31.9. The smallest absolute Gasteiger partial charge is 0.405 e. The monoisotopic (exact) mass is 1480 g/mol. The number of fused-ring (bicyclic) bond motifs is 2. The van der Waals surface area contributed by atoms with Gasteiger partial charge in [-0.25, -0.2) is 23.1 Å². The Labute approximate surface area is 554 Å². The highest BCUT2D eigenvalue weighted by molar-refractivity contribution is 9.11. The number of primary amides is 2. The number of nitrogen functional groups attached to an aromatic ring is 2. The number of nitrogens with zero attached hydrogens (tertiary/aromatic N) is 5. The summed E-state index contributed by atoms with van der Waals surface area (Å²) in [7, 11) is -0.952. The normalized spacial score (nSPS) is 19.7. The largest absolute Gasteiger partial charge is 0.488 e. The van der Waals surface area contributed by atoms with Gasteiger partial charge in [-0.3, -0.25) is 14.4 Å². The van der Waals surface area contributed by atoms with Gasteiger partial charge in [-0.05, 0) is 145 Å². The lowest BCUT2D eigenvalue weighted by molar-refractivity contribution is 0.00578. The summed E-state index contributed by atoms with van der Waals surface area (Å²) >= 11 is 22.7. The van der Waals surface area contributed by atoms with Crippen LogP contribution in [0.15, 0.2) is 71.6 Å². The molecule has 460 valence electrons. The molecular weight excluding hydrogens is 1410 g/mol. The van der Waals surface area contributed by atoms with Crippen molar-refractivity contribution in [3.8, 4) is 16.5 Å². The molecule has 8 N–H and O–H groups in total. The predicted molar refractivity (Wildman–Crippen MR) is 364 cm³/mol. The van der Waals surface area contributed by atoms with Crippen LogP contribution in [0.4, 0.5) is 11.6 Å². The second-order valence-electron chi connectivity index (χ2n) is 20.9. The third-order valence-corrected chi connectivity index (χ3v) is 21.6. The zero-order valence-electron chi connectivity index (χ0n) is 47.0. The third-order valence-electron chi connectivity index (χ3n) is 14.1. The number of carbonyl (C=O) groups is 3. The molecule has 11 rings (SSSR count). The number of ether oxygens (including phenoxy) is 2. The number of hydrogen-bond acceptors (Lipinski definition) is 19. The van der Waals surface area contributed by atoms with Crippen molar-refractivity contribution < 1.29 is 42.5 Å². The lowest BCUT2D eigenvalue weighted by atomic mass is 9.49. The van der Waals surface area contributed by atoms with Crippen LogP contribution in [0.2, 0.25) is 0 Å². The summed E-state index contributed by atoms with van der Waals surface area (Å²) in [5.41, 5.74) is 22.6.